The van der Waals surface area contributed by atoms with Crippen molar-refractivity contribution in [2.75, 3.05) is 31.1 Å². The Labute approximate surface area is 106 Å². The lowest BCUT2D eigenvalue weighted by atomic mass is 10.0. The van der Waals surface area contributed by atoms with Crippen molar-refractivity contribution >= 4 is 11.9 Å². The molecule has 1 saturated heterocycles. The number of rotatable bonds is 3. The van der Waals surface area contributed by atoms with Crippen LogP contribution < -0.4 is 14.9 Å². The smallest absolute Gasteiger partial charge is 0.225 e. The summed E-state index contributed by atoms with van der Waals surface area (Å²) in [4.78, 5) is 22.6. The second kappa shape index (κ2) is 4.89. The van der Waals surface area contributed by atoms with E-state index in [1.807, 2.05) is 0 Å². The quantitative estimate of drug-likeness (QED) is 0.654. The summed E-state index contributed by atoms with van der Waals surface area (Å²) in [6.07, 6.45) is 3.43. The van der Waals surface area contributed by atoms with Crippen LogP contribution in [0.4, 0.5) is 5.95 Å². The fourth-order valence-corrected chi connectivity index (χ4v) is 2.20. The number of carboxylic acids is 1. The number of carbonyl (C=O) groups excluding carboxylic acids is 1. The van der Waals surface area contributed by atoms with Gasteiger partial charge >= 0.3 is 0 Å². The zero-order valence-corrected chi connectivity index (χ0v) is 10.7. The number of carboxylic acid groups (broad SMARTS) is 1. The molecule has 2 heterocycles. The van der Waals surface area contributed by atoms with Crippen molar-refractivity contribution in [3.8, 4) is 0 Å². The van der Waals surface area contributed by atoms with Gasteiger partial charge in [-0.15, -0.1) is 0 Å². The maximum Gasteiger partial charge on any atom is 0.225 e. The Bertz CT molecular complexity index is 413. The average Bonchev–Trinajstić information content (AvgIpc) is 2.40. The minimum atomic E-state index is -0.998. The molecule has 0 unspecified atom stereocenters. The minimum absolute atomic E-state index is 0.711. The van der Waals surface area contributed by atoms with Gasteiger partial charge in [0.2, 0.25) is 5.95 Å². The lowest BCUT2D eigenvalue weighted by Gasteiger charge is -2.41. The first-order valence-corrected chi connectivity index (χ1v) is 6.10. The van der Waals surface area contributed by atoms with E-state index in [1.165, 1.54) is 0 Å². The number of quaternary nitrogens is 1. The number of aromatic nitrogens is 2. The molecule has 18 heavy (non-hydrogen) atoms. The van der Waals surface area contributed by atoms with Crippen LogP contribution in [0.15, 0.2) is 18.5 Å². The highest BCUT2D eigenvalue weighted by atomic mass is 16.4. The number of hydrogen-bond donors (Lipinski definition) is 1. The van der Waals surface area contributed by atoms with Gasteiger partial charge in [0.05, 0.1) is 26.2 Å². The predicted molar refractivity (Wildman–Crippen MR) is 64.0 cm³/mol. The van der Waals surface area contributed by atoms with Crippen LogP contribution in [0.5, 0.6) is 0 Å². The maximum absolute atomic E-state index is 11.1. The van der Waals surface area contributed by atoms with Crippen molar-refractivity contribution in [2.24, 2.45) is 0 Å². The van der Waals surface area contributed by atoms with Gasteiger partial charge < -0.3 is 19.7 Å². The van der Waals surface area contributed by atoms with Gasteiger partial charge in [0, 0.05) is 12.4 Å². The van der Waals surface area contributed by atoms with Gasteiger partial charge in [-0.25, -0.2) is 9.97 Å². The second-order valence-corrected chi connectivity index (χ2v) is 5.05. The number of anilines is 1. The van der Waals surface area contributed by atoms with E-state index >= 15 is 0 Å². The van der Waals surface area contributed by atoms with Gasteiger partial charge in [0.15, 0.2) is 0 Å². The van der Waals surface area contributed by atoms with Gasteiger partial charge in [-0.1, -0.05) is 0 Å². The third kappa shape index (κ3) is 2.43. The topological polar surface area (TPSA) is 73.6 Å². The first-order chi connectivity index (χ1) is 8.51. The first kappa shape index (κ1) is 12.8. The molecule has 2 rings (SSSR count). The number of nitrogens with one attached hydrogen (secondary N) is 1. The van der Waals surface area contributed by atoms with Crippen LogP contribution in [0.3, 0.4) is 0 Å². The standard InChI is InChI=1S/C12H18N4O2/c1-12(2,10(17)18)16-8-6-15(7-9-16)11-13-4-3-5-14-11/h3-5H,6-9H2,1-2H3,(H,17,18). The highest BCUT2D eigenvalue weighted by Crippen LogP contribution is 2.05. The summed E-state index contributed by atoms with van der Waals surface area (Å²) in [6.45, 7) is 6.45. The molecule has 1 fully saturated rings. The van der Waals surface area contributed by atoms with Crippen molar-refractivity contribution < 1.29 is 14.8 Å². The molecule has 0 aliphatic carbocycles. The fourth-order valence-electron chi connectivity index (χ4n) is 2.20. The molecule has 1 N–H and O–H groups in total. The molecular weight excluding hydrogens is 232 g/mol. The number of hydrogen-bond acceptors (Lipinski definition) is 5. The number of piperazine rings is 1. The van der Waals surface area contributed by atoms with Crippen LogP contribution in [-0.2, 0) is 4.79 Å². The van der Waals surface area contributed by atoms with E-state index in [0.29, 0.717) is 5.95 Å². The fraction of sp³-hybridized carbons (Fsp3) is 0.583. The van der Waals surface area contributed by atoms with Crippen molar-refractivity contribution in [3.05, 3.63) is 18.5 Å². The summed E-state index contributed by atoms with van der Waals surface area (Å²) in [5.41, 5.74) is -0.844. The third-order valence-corrected chi connectivity index (χ3v) is 3.60. The molecule has 1 aliphatic rings. The van der Waals surface area contributed by atoms with Crippen LogP contribution in [0, 0.1) is 0 Å². The summed E-state index contributed by atoms with van der Waals surface area (Å²) in [7, 11) is 0. The van der Waals surface area contributed by atoms with Crippen LogP contribution >= 0.6 is 0 Å². The molecule has 6 heteroatoms. The SMILES string of the molecule is CC(C)(C(=O)[O-])[NH+]1CCN(c2ncccn2)CC1. The van der Waals surface area contributed by atoms with Gasteiger partial charge in [-0.2, -0.15) is 0 Å². The molecule has 1 aromatic rings. The van der Waals surface area contributed by atoms with E-state index in [-0.39, 0.29) is 0 Å². The zero-order valence-electron chi connectivity index (χ0n) is 10.7. The van der Waals surface area contributed by atoms with Crippen LogP contribution in [0.2, 0.25) is 0 Å². The Balaban J connectivity index is 1.99. The van der Waals surface area contributed by atoms with Gasteiger partial charge in [-0.05, 0) is 19.9 Å². The van der Waals surface area contributed by atoms with Crippen LogP contribution in [0.1, 0.15) is 13.8 Å². The molecule has 0 amide bonds. The Morgan fingerprint density at radius 1 is 1.33 bits per heavy atom. The maximum atomic E-state index is 11.1. The summed E-state index contributed by atoms with van der Waals surface area (Å²) >= 11 is 0. The molecule has 0 bridgehead atoms. The molecule has 0 atom stereocenters. The molecule has 0 spiro atoms. The number of nitrogens with zero attached hydrogens (tertiary/aromatic N) is 3. The number of carbonyl (C=O) groups is 1. The Hall–Kier alpha value is -1.69. The van der Waals surface area contributed by atoms with E-state index < -0.39 is 11.5 Å². The lowest BCUT2D eigenvalue weighted by molar-refractivity contribution is -0.941. The van der Waals surface area contributed by atoms with Crippen molar-refractivity contribution in [1.82, 2.24) is 9.97 Å². The molecule has 0 radical (unpaired) electrons. The summed E-state index contributed by atoms with van der Waals surface area (Å²) in [5.74, 6) is -0.287. The first-order valence-electron chi connectivity index (χ1n) is 6.10. The zero-order chi connectivity index (χ0) is 13.2. The molecule has 0 aromatic carbocycles. The van der Waals surface area contributed by atoms with E-state index in [1.54, 1.807) is 32.3 Å². The minimum Gasteiger partial charge on any atom is -0.544 e. The van der Waals surface area contributed by atoms with Crippen molar-refractivity contribution in [2.45, 2.75) is 19.4 Å². The largest absolute Gasteiger partial charge is 0.544 e. The number of aliphatic carboxylic acids is 1. The molecule has 98 valence electrons. The molecule has 0 saturated carbocycles. The normalized spacial score (nSPS) is 17.8. The summed E-state index contributed by atoms with van der Waals surface area (Å²) in [5, 5.41) is 11.1. The molecule has 6 nitrogen and oxygen atoms in total. The second-order valence-electron chi connectivity index (χ2n) is 5.05. The molecule has 1 aromatic heterocycles. The molecule has 1 aliphatic heterocycles. The van der Waals surface area contributed by atoms with E-state index in [2.05, 4.69) is 14.9 Å². The predicted octanol–water partition coefficient (Wildman–Crippen LogP) is -2.29. The monoisotopic (exact) mass is 250 g/mol. The summed E-state index contributed by atoms with van der Waals surface area (Å²) in [6, 6.07) is 1.78. The van der Waals surface area contributed by atoms with E-state index in [9.17, 15) is 9.90 Å². The highest BCUT2D eigenvalue weighted by Gasteiger charge is 2.35. The lowest BCUT2D eigenvalue weighted by Crippen LogP contribution is -3.23. The van der Waals surface area contributed by atoms with E-state index in [4.69, 9.17) is 0 Å². The molecular formula is C12H18N4O2. The van der Waals surface area contributed by atoms with Gasteiger partial charge in [0.1, 0.15) is 11.5 Å². The highest BCUT2D eigenvalue weighted by molar-refractivity contribution is 5.73. The van der Waals surface area contributed by atoms with Gasteiger partial charge in [-0.3, -0.25) is 0 Å². The van der Waals surface area contributed by atoms with Crippen molar-refractivity contribution in [3.63, 3.8) is 0 Å². The Morgan fingerprint density at radius 2 is 1.89 bits per heavy atom. The summed E-state index contributed by atoms with van der Waals surface area (Å²) < 4.78 is 0. The van der Waals surface area contributed by atoms with Crippen LogP contribution in [0.25, 0.3) is 0 Å². The van der Waals surface area contributed by atoms with Crippen LogP contribution in [-0.4, -0.2) is 47.7 Å². The Kier molecular flexibility index (Phi) is 3.47. The van der Waals surface area contributed by atoms with Gasteiger partial charge in [0.25, 0.3) is 0 Å². The Morgan fingerprint density at radius 3 is 2.39 bits per heavy atom. The average molecular weight is 250 g/mol. The van der Waals surface area contributed by atoms with Crippen molar-refractivity contribution in [1.29, 1.82) is 0 Å². The third-order valence-electron chi connectivity index (χ3n) is 3.60. The van der Waals surface area contributed by atoms with E-state index in [0.717, 1.165) is 31.1 Å².